The topological polar surface area (TPSA) is 68.0 Å². The molecule has 0 saturated carbocycles. The highest BCUT2D eigenvalue weighted by molar-refractivity contribution is 5.99. The van der Waals surface area contributed by atoms with E-state index in [9.17, 15) is 4.79 Å². The SMILES string of the molecule is Cc1ccccc1-c1nc(CNc2ccc3c(c2)C(=O)CCC3)no1. The van der Waals surface area contributed by atoms with Gasteiger partial charge < -0.3 is 9.84 Å². The van der Waals surface area contributed by atoms with Crippen molar-refractivity contribution in [3.05, 3.63) is 65.0 Å². The average molecular weight is 333 g/mol. The zero-order chi connectivity index (χ0) is 17.2. The summed E-state index contributed by atoms with van der Waals surface area (Å²) in [5, 5.41) is 7.31. The number of rotatable bonds is 4. The molecule has 0 spiro atoms. The Bertz CT molecular complexity index is 930. The van der Waals surface area contributed by atoms with E-state index in [0.29, 0.717) is 24.7 Å². The number of aryl methyl sites for hydroxylation is 2. The summed E-state index contributed by atoms with van der Waals surface area (Å²) < 4.78 is 5.37. The summed E-state index contributed by atoms with van der Waals surface area (Å²) in [5.74, 6) is 1.34. The lowest BCUT2D eigenvalue weighted by Crippen LogP contribution is -2.11. The molecule has 1 aliphatic carbocycles. The Balaban J connectivity index is 1.48. The molecule has 0 amide bonds. The third-order valence-corrected chi connectivity index (χ3v) is 4.55. The van der Waals surface area contributed by atoms with Crippen LogP contribution in [0.15, 0.2) is 47.0 Å². The van der Waals surface area contributed by atoms with Crippen LogP contribution in [0.1, 0.15) is 40.2 Å². The van der Waals surface area contributed by atoms with E-state index in [-0.39, 0.29) is 5.78 Å². The molecule has 25 heavy (non-hydrogen) atoms. The molecule has 0 fully saturated rings. The average Bonchev–Trinajstić information content (AvgIpc) is 3.10. The number of carbonyl (C=O) groups excluding carboxylic acids is 1. The molecule has 2 aromatic carbocycles. The molecule has 5 heteroatoms. The van der Waals surface area contributed by atoms with E-state index in [0.717, 1.165) is 40.8 Å². The first kappa shape index (κ1) is 15.6. The van der Waals surface area contributed by atoms with Crippen molar-refractivity contribution in [2.45, 2.75) is 32.7 Å². The maximum Gasteiger partial charge on any atom is 0.258 e. The maximum absolute atomic E-state index is 12.0. The smallest absolute Gasteiger partial charge is 0.258 e. The zero-order valence-corrected chi connectivity index (χ0v) is 14.1. The molecule has 1 aliphatic rings. The molecular weight excluding hydrogens is 314 g/mol. The molecule has 0 unspecified atom stereocenters. The molecule has 126 valence electrons. The van der Waals surface area contributed by atoms with Crippen LogP contribution in [-0.4, -0.2) is 15.9 Å². The fourth-order valence-corrected chi connectivity index (χ4v) is 3.17. The van der Waals surface area contributed by atoms with Crippen LogP contribution in [0.5, 0.6) is 0 Å². The Hall–Kier alpha value is -2.95. The van der Waals surface area contributed by atoms with Gasteiger partial charge in [-0.05, 0) is 49.1 Å². The summed E-state index contributed by atoms with van der Waals surface area (Å²) in [6, 6.07) is 13.9. The molecule has 5 nitrogen and oxygen atoms in total. The Labute approximate surface area is 146 Å². The van der Waals surface area contributed by atoms with Gasteiger partial charge in [-0.25, -0.2) is 0 Å². The van der Waals surface area contributed by atoms with Crippen molar-refractivity contribution in [2.75, 3.05) is 5.32 Å². The second-order valence-electron chi connectivity index (χ2n) is 6.33. The molecule has 0 radical (unpaired) electrons. The van der Waals surface area contributed by atoms with Crippen molar-refractivity contribution < 1.29 is 9.32 Å². The van der Waals surface area contributed by atoms with E-state index < -0.39 is 0 Å². The van der Waals surface area contributed by atoms with Crippen LogP contribution in [-0.2, 0) is 13.0 Å². The van der Waals surface area contributed by atoms with Crippen molar-refractivity contribution in [3.8, 4) is 11.5 Å². The van der Waals surface area contributed by atoms with Gasteiger partial charge in [-0.2, -0.15) is 4.98 Å². The van der Waals surface area contributed by atoms with Crippen molar-refractivity contribution in [1.29, 1.82) is 0 Å². The number of hydrogen-bond acceptors (Lipinski definition) is 5. The predicted molar refractivity (Wildman–Crippen MR) is 95.5 cm³/mol. The van der Waals surface area contributed by atoms with Crippen LogP contribution in [0.2, 0.25) is 0 Å². The highest BCUT2D eigenvalue weighted by Gasteiger charge is 2.17. The Kier molecular flexibility index (Phi) is 4.06. The first-order valence-corrected chi connectivity index (χ1v) is 8.49. The summed E-state index contributed by atoms with van der Waals surface area (Å²) in [6.45, 7) is 2.46. The van der Waals surface area contributed by atoms with Gasteiger partial charge in [0.25, 0.3) is 5.89 Å². The number of aromatic nitrogens is 2. The Morgan fingerprint density at radius 2 is 2.00 bits per heavy atom. The highest BCUT2D eigenvalue weighted by atomic mass is 16.5. The normalized spacial score (nSPS) is 13.6. The summed E-state index contributed by atoms with van der Waals surface area (Å²) in [5.41, 5.74) is 4.92. The summed E-state index contributed by atoms with van der Waals surface area (Å²) in [6.07, 6.45) is 2.57. The quantitative estimate of drug-likeness (QED) is 0.776. The number of anilines is 1. The van der Waals surface area contributed by atoms with Crippen molar-refractivity contribution in [1.82, 2.24) is 10.1 Å². The monoisotopic (exact) mass is 333 g/mol. The number of benzene rings is 2. The van der Waals surface area contributed by atoms with Crippen LogP contribution < -0.4 is 5.32 Å². The number of hydrogen-bond donors (Lipinski definition) is 1. The number of fused-ring (bicyclic) bond motifs is 1. The minimum atomic E-state index is 0.228. The lowest BCUT2D eigenvalue weighted by atomic mass is 9.90. The van der Waals surface area contributed by atoms with Gasteiger partial charge in [-0.1, -0.05) is 29.4 Å². The molecule has 4 rings (SSSR count). The molecule has 1 heterocycles. The van der Waals surface area contributed by atoms with Gasteiger partial charge in [0.1, 0.15) is 0 Å². The number of ketones is 1. The molecule has 0 bridgehead atoms. The van der Waals surface area contributed by atoms with E-state index in [1.165, 1.54) is 0 Å². The molecule has 3 aromatic rings. The summed E-state index contributed by atoms with van der Waals surface area (Å²) >= 11 is 0. The fourth-order valence-electron chi connectivity index (χ4n) is 3.17. The molecule has 0 atom stereocenters. The zero-order valence-electron chi connectivity index (χ0n) is 14.1. The van der Waals surface area contributed by atoms with Crippen LogP contribution in [0.25, 0.3) is 11.5 Å². The van der Waals surface area contributed by atoms with Gasteiger partial charge in [-0.3, -0.25) is 4.79 Å². The van der Waals surface area contributed by atoms with Crippen molar-refractivity contribution >= 4 is 11.5 Å². The number of nitrogens with one attached hydrogen (secondary N) is 1. The predicted octanol–water partition coefficient (Wildman–Crippen LogP) is 4.18. The first-order chi connectivity index (χ1) is 12.2. The summed E-state index contributed by atoms with van der Waals surface area (Å²) in [7, 11) is 0. The van der Waals surface area contributed by atoms with Crippen LogP contribution in [0.3, 0.4) is 0 Å². The number of carbonyl (C=O) groups is 1. The number of nitrogens with zero attached hydrogens (tertiary/aromatic N) is 2. The van der Waals surface area contributed by atoms with Crippen molar-refractivity contribution in [3.63, 3.8) is 0 Å². The second-order valence-corrected chi connectivity index (χ2v) is 6.33. The van der Waals surface area contributed by atoms with Gasteiger partial charge in [0, 0.05) is 23.2 Å². The van der Waals surface area contributed by atoms with Crippen LogP contribution in [0, 0.1) is 6.92 Å². The van der Waals surface area contributed by atoms with Crippen molar-refractivity contribution in [2.24, 2.45) is 0 Å². The van der Waals surface area contributed by atoms with Gasteiger partial charge in [0.2, 0.25) is 0 Å². The van der Waals surface area contributed by atoms with Crippen LogP contribution >= 0.6 is 0 Å². The van der Waals surface area contributed by atoms with Gasteiger partial charge in [-0.15, -0.1) is 0 Å². The minimum absolute atomic E-state index is 0.228. The molecular formula is C20H19N3O2. The van der Waals surface area contributed by atoms with Gasteiger partial charge in [0.05, 0.1) is 6.54 Å². The number of Topliss-reactive ketones (excluding diaryl/α,β-unsaturated/α-hetero) is 1. The lowest BCUT2D eigenvalue weighted by molar-refractivity contribution is 0.0972. The lowest BCUT2D eigenvalue weighted by Gasteiger charge is -2.15. The first-order valence-electron chi connectivity index (χ1n) is 8.49. The van der Waals surface area contributed by atoms with E-state index in [4.69, 9.17) is 4.52 Å². The minimum Gasteiger partial charge on any atom is -0.378 e. The third kappa shape index (κ3) is 3.18. The van der Waals surface area contributed by atoms with E-state index >= 15 is 0 Å². The van der Waals surface area contributed by atoms with E-state index in [1.54, 1.807) is 0 Å². The Morgan fingerprint density at radius 1 is 1.12 bits per heavy atom. The molecule has 0 saturated heterocycles. The summed E-state index contributed by atoms with van der Waals surface area (Å²) in [4.78, 5) is 16.5. The maximum atomic E-state index is 12.0. The van der Waals surface area contributed by atoms with E-state index in [1.807, 2.05) is 49.4 Å². The van der Waals surface area contributed by atoms with Gasteiger partial charge in [0.15, 0.2) is 11.6 Å². The second kappa shape index (κ2) is 6.51. The van der Waals surface area contributed by atoms with Crippen LogP contribution in [0.4, 0.5) is 5.69 Å². The molecule has 1 N–H and O–H groups in total. The Morgan fingerprint density at radius 3 is 2.88 bits per heavy atom. The standard InChI is InChI=1S/C20H19N3O2/c1-13-5-2-3-7-16(13)20-22-19(23-25-20)12-21-15-10-9-14-6-4-8-18(24)17(14)11-15/h2-3,5,7,9-11,21H,4,6,8,12H2,1H3. The molecule has 0 aliphatic heterocycles. The van der Waals surface area contributed by atoms with Gasteiger partial charge >= 0.3 is 0 Å². The fraction of sp³-hybridized carbons (Fsp3) is 0.250. The van der Waals surface area contributed by atoms with E-state index in [2.05, 4.69) is 15.5 Å². The molecule has 1 aromatic heterocycles. The third-order valence-electron chi connectivity index (χ3n) is 4.55. The largest absolute Gasteiger partial charge is 0.378 e. The highest BCUT2D eigenvalue weighted by Crippen LogP contribution is 2.25.